The molecule has 1 aromatic carbocycles. The predicted octanol–water partition coefficient (Wildman–Crippen LogP) is 4.14. The second-order valence-electron chi connectivity index (χ2n) is 4.11. The van der Waals surface area contributed by atoms with Crippen LogP contribution in [-0.4, -0.2) is 11.6 Å². The Morgan fingerprint density at radius 2 is 2.15 bits per heavy atom. The van der Waals surface area contributed by atoms with Crippen molar-refractivity contribution >= 4 is 46.2 Å². The Kier molecular flexibility index (Phi) is 5.17. The number of carbonyl (C=O) groups excluding carboxylic acids is 1. The van der Waals surface area contributed by atoms with E-state index in [-0.39, 0.29) is 5.91 Å². The van der Waals surface area contributed by atoms with Gasteiger partial charge in [0.1, 0.15) is 0 Å². The fourth-order valence-electron chi connectivity index (χ4n) is 1.60. The number of hydrogen-bond acceptors (Lipinski definition) is 3. The van der Waals surface area contributed by atoms with Gasteiger partial charge in [-0.2, -0.15) is 5.10 Å². The highest BCUT2D eigenvalue weighted by atomic mass is 35.5. The minimum absolute atomic E-state index is 0.156. The minimum atomic E-state index is -0.156. The molecule has 0 unspecified atom stereocenters. The Hall–Kier alpha value is -1.36. The molecule has 0 aliphatic carbocycles. The normalized spacial score (nSPS) is 11.4. The van der Waals surface area contributed by atoms with E-state index in [4.69, 9.17) is 23.2 Å². The Bertz CT molecular complexity index is 639. The third-order valence-electron chi connectivity index (χ3n) is 2.58. The molecule has 0 atom stereocenters. The quantitative estimate of drug-likeness (QED) is 0.665. The van der Waals surface area contributed by atoms with Crippen LogP contribution < -0.4 is 5.43 Å². The highest BCUT2D eigenvalue weighted by Crippen LogP contribution is 2.21. The van der Waals surface area contributed by atoms with Crippen LogP contribution in [0.4, 0.5) is 0 Å². The van der Waals surface area contributed by atoms with Crippen molar-refractivity contribution in [2.24, 2.45) is 5.10 Å². The summed E-state index contributed by atoms with van der Waals surface area (Å²) >= 11 is 13.5. The summed E-state index contributed by atoms with van der Waals surface area (Å²) in [7, 11) is 0. The average Bonchev–Trinajstić information content (AvgIpc) is 2.89. The van der Waals surface area contributed by atoms with Gasteiger partial charge in [-0.3, -0.25) is 4.79 Å². The summed E-state index contributed by atoms with van der Waals surface area (Å²) < 4.78 is 0. The van der Waals surface area contributed by atoms with E-state index in [1.165, 1.54) is 0 Å². The maximum Gasteiger partial charge on any atom is 0.245 e. The first kappa shape index (κ1) is 15.0. The standard InChI is InChI=1S/C14H12Cl2N2OS/c1-9(12-5-4-10(15)7-13(12)16)17-18-14(19)8-11-3-2-6-20-11/h2-7H,8H2,1H3,(H,18,19)/b17-9+. The summed E-state index contributed by atoms with van der Waals surface area (Å²) in [5.41, 5.74) is 3.90. The summed E-state index contributed by atoms with van der Waals surface area (Å²) in [6.45, 7) is 1.78. The van der Waals surface area contributed by atoms with Crippen molar-refractivity contribution in [2.45, 2.75) is 13.3 Å². The van der Waals surface area contributed by atoms with Crippen molar-refractivity contribution < 1.29 is 4.79 Å². The number of nitrogens with one attached hydrogen (secondary N) is 1. The molecular weight excluding hydrogens is 315 g/mol. The molecule has 0 aliphatic heterocycles. The van der Waals surface area contributed by atoms with Crippen molar-refractivity contribution in [2.75, 3.05) is 0 Å². The monoisotopic (exact) mass is 326 g/mol. The lowest BCUT2D eigenvalue weighted by Crippen LogP contribution is -2.20. The first-order valence-corrected chi connectivity index (χ1v) is 7.51. The Morgan fingerprint density at radius 1 is 1.35 bits per heavy atom. The van der Waals surface area contributed by atoms with Gasteiger partial charge in [-0.25, -0.2) is 5.43 Å². The summed E-state index contributed by atoms with van der Waals surface area (Å²) in [4.78, 5) is 12.7. The van der Waals surface area contributed by atoms with Crippen molar-refractivity contribution in [3.05, 3.63) is 56.2 Å². The second kappa shape index (κ2) is 6.88. The number of hydrogen-bond donors (Lipinski definition) is 1. The van der Waals surface area contributed by atoms with E-state index < -0.39 is 0 Å². The lowest BCUT2D eigenvalue weighted by Gasteiger charge is -2.05. The van der Waals surface area contributed by atoms with Crippen LogP contribution in [0, 0.1) is 0 Å². The zero-order valence-corrected chi connectivity index (χ0v) is 13.0. The van der Waals surface area contributed by atoms with Gasteiger partial charge in [0.15, 0.2) is 0 Å². The molecule has 0 aliphatic rings. The molecule has 6 heteroatoms. The minimum Gasteiger partial charge on any atom is -0.273 e. The molecule has 104 valence electrons. The van der Waals surface area contributed by atoms with Crippen LogP contribution in [-0.2, 0) is 11.2 Å². The number of thiophene rings is 1. The molecule has 3 nitrogen and oxygen atoms in total. The van der Waals surface area contributed by atoms with E-state index in [1.807, 2.05) is 17.5 Å². The first-order chi connectivity index (χ1) is 9.56. The van der Waals surface area contributed by atoms with E-state index in [2.05, 4.69) is 10.5 Å². The third-order valence-corrected chi connectivity index (χ3v) is 4.01. The van der Waals surface area contributed by atoms with Gasteiger partial charge in [0.05, 0.1) is 17.2 Å². The molecular formula is C14H12Cl2N2OS. The van der Waals surface area contributed by atoms with Gasteiger partial charge < -0.3 is 0 Å². The molecule has 2 rings (SSSR count). The highest BCUT2D eigenvalue weighted by Gasteiger charge is 2.06. The van der Waals surface area contributed by atoms with Gasteiger partial charge >= 0.3 is 0 Å². The summed E-state index contributed by atoms with van der Waals surface area (Å²) in [5.74, 6) is -0.156. The molecule has 2 aromatic rings. The summed E-state index contributed by atoms with van der Waals surface area (Å²) in [5, 5.41) is 7.06. The fraction of sp³-hybridized carbons (Fsp3) is 0.143. The van der Waals surface area contributed by atoms with Crippen LogP contribution in [0.5, 0.6) is 0 Å². The average molecular weight is 327 g/mol. The summed E-state index contributed by atoms with van der Waals surface area (Å²) in [6, 6.07) is 8.97. The van der Waals surface area contributed by atoms with E-state index in [0.29, 0.717) is 22.2 Å². The Labute approximate surface area is 131 Å². The maximum atomic E-state index is 11.7. The van der Waals surface area contributed by atoms with Crippen molar-refractivity contribution in [1.29, 1.82) is 0 Å². The second-order valence-corrected chi connectivity index (χ2v) is 5.99. The van der Waals surface area contributed by atoms with E-state index in [0.717, 1.165) is 10.4 Å². The number of benzene rings is 1. The van der Waals surface area contributed by atoms with Gasteiger partial charge in [0.25, 0.3) is 0 Å². The number of rotatable bonds is 4. The van der Waals surface area contributed by atoms with Crippen LogP contribution in [0.2, 0.25) is 10.0 Å². The molecule has 0 saturated carbocycles. The van der Waals surface area contributed by atoms with E-state index in [9.17, 15) is 4.79 Å². The molecule has 20 heavy (non-hydrogen) atoms. The number of carbonyl (C=O) groups is 1. The molecule has 0 bridgehead atoms. The molecule has 0 radical (unpaired) electrons. The highest BCUT2D eigenvalue weighted by molar-refractivity contribution is 7.10. The molecule has 1 heterocycles. The molecule has 1 amide bonds. The van der Waals surface area contributed by atoms with Crippen molar-refractivity contribution in [3.8, 4) is 0 Å². The zero-order valence-electron chi connectivity index (χ0n) is 10.7. The molecule has 1 aromatic heterocycles. The third kappa shape index (κ3) is 4.07. The van der Waals surface area contributed by atoms with Crippen molar-refractivity contribution in [1.82, 2.24) is 5.43 Å². The maximum absolute atomic E-state index is 11.7. The van der Waals surface area contributed by atoms with Crippen LogP contribution >= 0.6 is 34.5 Å². The van der Waals surface area contributed by atoms with Gasteiger partial charge in [-0.15, -0.1) is 11.3 Å². The predicted molar refractivity (Wildman–Crippen MR) is 84.8 cm³/mol. The van der Waals surface area contributed by atoms with Gasteiger partial charge in [0, 0.05) is 15.5 Å². The first-order valence-electron chi connectivity index (χ1n) is 5.87. The number of halogens is 2. The molecule has 1 N–H and O–H groups in total. The number of amides is 1. The lowest BCUT2D eigenvalue weighted by molar-refractivity contribution is -0.120. The molecule has 0 saturated heterocycles. The Morgan fingerprint density at radius 3 is 2.80 bits per heavy atom. The van der Waals surface area contributed by atoms with Crippen LogP contribution in [0.1, 0.15) is 17.4 Å². The SMILES string of the molecule is C/C(=N\NC(=O)Cc1cccs1)c1ccc(Cl)cc1Cl. The van der Waals surface area contributed by atoms with E-state index >= 15 is 0 Å². The van der Waals surface area contributed by atoms with Crippen molar-refractivity contribution in [3.63, 3.8) is 0 Å². The van der Waals surface area contributed by atoms with Crippen LogP contribution in [0.3, 0.4) is 0 Å². The van der Waals surface area contributed by atoms with Crippen LogP contribution in [0.15, 0.2) is 40.8 Å². The largest absolute Gasteiger partial charge is 0.273 e. The fourth-order valence-corrected chi connectivity index (χ4v) is 2.85. The van der Waals surface area contributed by atoms with Crippen LogP contribution in [0.25, 0.3) is 0 Å². The lowest BCUT2D eigenvalue weighted by atomic mass is 10.1. The number of hydrazone groups is 1. The topological polar surface area (TPSA) is 41.5 Å². The van der Waals surface area contributed by atoms with Gasteiger partial charge in [-0.1, -0.05) is 35.3 Å². The van der Waals surface area contributed by atoms with Gasteiger partial charge in [-0.05, 0) is 30.5 Å². The van der Waals surface area contributed by atoms with E-state index in [1.54, 1.807) is 36.5 Å². The zero-order chi connectivity index (χ0) is 14.5. The molecule has 0 spiro atoms. The number of nitrogens with zero attached hydrogens (tertiary/aromatic N) is 1. The summed E-state index contributed by atoms with van der Waals surface area (Å²) in [6.07, 6.45) is 0.322. The Balaban J connectivity index is 2.01. The molecule has 0 fully saturated rings. The van der Waals surface area contributed by atoms with Gasteiger partial charge in [0.2, 0.25) is 5.91 Å². The smallest absolute Gasteiger partial charge is 0.245 e.